The van der Waals surface area contributed by atoms with E-state index in [9.17, 15) is 0 Å². The van der Waals surface area contributed by atoms with E-state index in [0.717, 1.165) is 49.5 Å². The van der Waals surface area contributed by atoms with Gasteiger partial charge in [0, 0.05) is 39.0 Å². The molecule has 0 bridgehead atoms. The minimum Gasteiger partial charge on any atom is -0.310 e. The van der Waals surface area contributed by atoms with Gasteiger partial charge < -0.3 is 9.80 Å². The van der Waals surface area contributed by atoms with E-state index in [2.05, 4.69) is 138 Å². The number of thioether (sulfide) groups is 1. The topological polar surface area (TPSA) is 6.48 Å². The second-order valence-corrected chi connectivity index (χ2v) is 10.4. The van der Waals surface area contributed by atoms with Crippen LogP contribution in [0.5, 0.6) is 0 Å². The summed E-state index contributed by atoms with van der Waals surface area (Å²) in [6.45, 7) is 10.5. The van der Waals surface area contributed by atoms with Gasteiger partial charge in [-0.2, -0.15) is 0 Å². The van der Waals surface area contributed by atoms with E-state index in [1.807, 2.05) is 31.2 Å². The van der Waals surface area contributed by atoms with E-state index >= 15 is 0 Å². The third kappa shape index (κ3) is 5.74. The molecule has 0 spiro atoms. The number of hydrogen-bond acceptors (Lipinski definition) is 3. The van der Waals surface area contributed by atoms with Crippen molar-refractivity contribution in [2.75, 3.05) is 9.80 Å². The number of anilines is 6. The molecular formula is C35H30N2S. The summed E-state index contributed by atoms with van der Waals surface area (Å²) in [6, 6.07) is 48.6. The number of benzene rings is 5. The van der Waals surface area contributed by atoms with Gasteiger partial charge in [-0.3, -0.25) is 0 Å². The van der Waals surface area contributed by atoms with Crippen LogP contribution in [0.2, 0.25) is 0 Å². The van der Waals surface area contributed by atoms with Crippen LogP contribution in [-0.4, -0.2) is 0 Å². The summed E-state index contributed by atoms with van der Waals surface area (Å²) in [5.74, 6) is 0. The Hall–Kier alpha value is -4.47. The number of rotatable bonds is 9. The molecule has 0 atom stereocenters. The molecule has 0 unspecified atom stereocenters. The molecule has 0 fully saturated rings. The zero-order chi connectivity index (χ0) is 26.3. The van der Waals surface area contributed by atoms with Crippen LogP contribution < -0.4 is 9.80 Å². The van der Waals surface area contributed by atoms with E-state index in [-0.39, 0.29) is 0 Å². The normalized spacial score (nSPS) is 10.6. The summed E-state index contributed by atoms with van der Waals surface area (Å²) in [6.07, 6.45) is 0. The van der Waals surface area contributed by atoms with Crippen molar-refractivity contribution >= 4 is 50.8 Å². The van der Waals surface area contributed by atoms with Crippen molar-refractivity contribution in [3.05, 3.63) is 163 Å². The number of para-hydroxylation sites is 4. The van der Waals surface area contributed by atoms with Crippen molar-refractivity contribution < 1.29 is 0 Å². The smallest absolute Gasteiger partial charge is 0.0488 e. The monoisotopic (exact) mass is 510 g/mol. The van der Waals surface area contributed by atoms with E-state index < -0.39 is 0 Å². The van der Waals surface area contributed by atoms with Crippen molar-refractivity contribution in [3.8, 4) is 0 Å². The summed E-state index contributed by atoms with van der Waals surface area (Å²) in [7, 11) is 0. The predicted octanol–water partition coefficient (Wildman–Crippen LogP) is 10.9. The second-order valence-electron chi connectivity index (χ2n) is 8.98. The molecule has 0 aliphatic carbocycles. The predicted molar refractivity (Wildman–Crippen MR) is 167 cm³/mol. The van der Waals surface area contributed by atoms with Crippen LogP contribution in [0.4, 0.5) is 34.1 Å². The quantitative estimate of drug-likeness (QED) is 0.195. The number of nitrogens with zero attached hydrogens (tertiary/aromatic N) is 2. The van der Waals surface area contributed by atoms with E-state index in [1.54, 1.807) is 11.8 Å². The van der Waals surface area contributed by atoms with Gasteiger partial charge in [0.05, 0.1) is 0 Å². The standard InChI is InChI=1S/C35H30N2S/c1-27(2)38-28(3)29-24-34(36(30-16-8-4-9-17-30)31-18-10-5-11-19-31)26-35(25-29)37(32-20-12-6-13-21-32)33-22-14-7-15-23-33/h4-26H,1,3H2,2H3. The number of hydrogen-bond donors (Lipinski definition) is 0. The van der Waals surface area contributed by atoms with Crippen LogP contribution in [0.15, 0.2) is 158 Å². The Balaban J connectivity index is 1.76. The van der Waals surface area contributed by atoms with Gasteiger partial charge in [0.25, 0.3) is 0 Å². The zero-order valence-electron chi connectivity index (χ0n) is 21.5. The molecule has 0 aliphatic heterocycles. The summed E-state index contributed by atoms with van der Waals surface area (Å²) in [4.78, 5) is 6.55. The maximum absolute atomic E-state index is 4.42. The molecule has 5 aromatic carbocycles. The maximum atomic E-state index is 4.42. The van der Waals surface area contributed by atoms with Gasteiger partial charge in [0.2, 0.25) is 0 Å². The first kappa shape index (κ1) is 25.2. The fourth-order valence-electron chi connectivity index (χ4n) is 4.49. The van der Waals surface area contributed by atoms with Gasteiger partial charge in [0.15, 0.2) is 0 Å². The Bertz CT molecular complexity index is 1330. The average molecular weight is 511 g/mol. The third-order valence-electron chi connectivity index (χ3n) is 6.10. The highest BCUT2D eigenvalue weighted by Crippen LogP contribution is 2.43. The second kappa shape index (κ2) is 11.7. The average Bonchev–Trinajstić information content (AvgIpc) is 2.95. The lowest BCUT2D eigenvalue weighted by molar-refractivity contribution is 1.25. The molecule has 0 saturated heterocycles. The van der Waals surface area contributed by atoms with Crippen LogP contribution in [0.1, 0.15) is 12.5 Å². The molecule has 0 heterocycles. The van der Waals surface area contributed by atoms with Crippen molar-refractivity contribution in [2.45, 2.75) is 6.92 Å². The molecule has 0 radical (unpaired) electrons. The first-order valence-corrected chi connectivity index (χ1v) is 13.4. The summed E-state index contributed by atoms with van der Waals surface area (Å²) < 4.78 is 0. The fraction of sp³-hybridized carbons (Fsp3) is 0.0286. The molecule has 38 heavy (non-hydrogen) atoms. The molecule has 3 heteroatoms. The Morgan fingerprint density at radius 3 is 1.08 bits per heavy atom. The maximum Gasteiger partial charge on any atom is 0.0488 e. The lowest BCUT2D eigenvalue weighted by atomic mass is 10.1. The third-order valence-corrected chi connectivity index (χ3v) is 6.93. The molecule has 5 aromatic rings. The highest BCUT2D eigenvalue weighted by atomic mass is 32.2. The molecule has 0 N–H and O–H groups in total. The Morgan fingerprint density at radius 2 is 0.789 bits per heavy atom. The summed E-state index contributed by atoms with van der Waals surface area (Å²) in [5.41, 5.74) is 7.51. The largest absolute Gasteiger partial charge is 0.310 e. The van der Waals surface area contributed by atoms with Crippen LogP contribution in [-0.2, 0) is 0 Å². The minimum atomic E-state index is 0.961. The van der Waals surface area contributed by atoms with Crippen LogP contribution in [0, 0.1) is 0 Å². The Kier molecular flexibility index (Phi) is 7.77. The molecule has 2 nitrogen and oxygen atoms in total. The molecule has 0 saturated carbocycles. The first-order valence-electron chi connectivity index (χ1n) is 12.6. The number of allylic oxidation sites excluding steroid dienone is 1. The highest BCUT2D eigenvalue weighted by molar-refractivity contribution is 8.11. The van der Waals surface area contributed by atoms with Gasteiger partial charge in [0.1, 0.15) is 0 Å². The SMILES string of the molecule is C=C(C)SC(=C)c1cc(N(c2ccccc2)c2ccccc2)cc(N(c2ccccc2)c2ccccc2)c1. The molecule has 0 aliphatic rings. The van der Waals surface area contributed by atoms with Crippen LogP contribution in [0.3, 0.4) is 0 Å². The molecule has 186 valence electrons. The van der Waals surface area contributed by atoms with Gasteiger partial charge in [-0.15, -0.1) is 0 Å². The molecule has 0 aromatic heterocycles. The Morgan fingerprint density at radius 1 is 0.474 bits per heavy atom. The van der Waals surface area contributed by atoms with Crippen molar-refractivity contribution in [1.82, 2.24) is 0 Å². The highest BCUT2D eigenvalue weighted by Gasteiger charge is 2.19. The Labute approximate surface area is 230 Å². The van der Waals surface area contributed by atoms with Crippen LogP contribution >= 0.6 is 11.8 Å². The van der Waals surface area contributed by atoms with Crippen LogP contribution in [0.25, 0.3) is 4.91 Å². The molecular weight excluding hydrogens is 480 g/mol. The fourth-order valence-corrected chi connectivity index (χ4v) is 5.14. The minimum absolute atomic E-state index is 0.961. The van der Waals surface area contributed by atoms with E-state index in [4.69, 9.17) is 0 Å². The van der Waals surface area contributed by atoms with Crippen molar-refractivity contribution in [1.29, 1.82) is 0 Å². The van der Waals surface area contributed by atoms with Gasteiger partial charge in [-0.25, -0.2) is 0 Å². The molecule has 0 amide bonds. The molecule has 5 rings (SSSR count). The lowest BCUT2D eigenvalue weighted by Gasteiger charge is -2.30. The van der Waals surface area contributed by atoms with E-state index in [0.29, 0.717) is 0 Å². The first-order chi connectivity index (χ1) is 18.6. The van der Waals surface area contributed by atoms with Crippen molar-refractivity contribution in [3.63, 3.8) is 0 Å². The van der Waals surface area contributed by atoms with Gasteiger partial charge >= 0.3 is 0 Å². The zero-order valence-corrected chi connectivity index (χ0v) is 22.3. The van der Waals surface area contributed by atoms with Gasteiger partial charge in [-0.05, 0) is 84.1 Å². The van der Waals surface area contributed by atoms with Crippen molar-refractivity contribution in [2.24, 2.45) is 0 Å². The van der Waals surface area contributed by atoms with Gasteiger partial charge in [-0.1, -0.05) is 97.7 Å². The summed E-state index contributed by atoms with van der Waals surface area (Å²) >= 11 is 1.61. The summed E-state index contributed by atoms with van der Waals surface area (Å²) in [5, 5.41) is 0. The van der Waals surface area contributed by atoms with E-state index in [1.165, 1.54) is 0 Å². The lowest BCUT2D eigenvalue weighted by Crippen LogP contribution is -2.13.